The van der Waals surface area contributed by atoms with Gasteiger partial charge in [-0.3, -0.25) is 9.10 Å². The highest BCUT2D eigenvalue weighted by Gasteiger charge is 2.17. The van der Waals surface area contributed by atoms with Crippen molar-refractivity contribution in [2.24, 2.45) is 0 Å². The van der Waals surface area contributed by atoms with Gasteiger partial charge in [0, 0.05) is 25.8 Å². The number of carbonyl (C=O) groups excluding carboxylic acids is 1. The van der Waals surface area contributed by atoms with E-state index in [0.29, 0.717) is 24.4 Å². The van der Waals surface area contributed by atoms with Gasteiger partial charge < -0.3 is 10.1 Å². The molecule has 1 amide bonds. The van der Waals surface area contributed by atoms with Gasteiger partial charge in [0.15, 0.2) is 0 Å². The van der Waals surface area contributed by atoms with Crippen LogP contribution in [0.4, 0.5) is 11.4 Å². The Labute approximate surface area is 154 Å². The van der Waals surface area contributed by atoms with Crippen molar-refractivity contribution < 1.29 is 17.9 Å². The second-order valence-corrected chi connectivity index (χ2v) is 7.86. The number of para-hydroxylation sites is 1. The summed E-state index contributed by atoms with van der Waals surface area (Å²) in [7, 11) is -1.78. The highest BCUT2D eigenvalue weighted by molar-refractivity contribution is 7.92. The van der Waals surface area contributed by atoms with Crippen molar-refractivity contribution >= 4 is 27.3 Å². The number of carbonyl (C=O) groups is 1. The molecule has 2 rings (SSSR count). The predicted molar refractivity (Wildman–Crippen MR) is 104 cm³/mol. The summed E-state index contributed by atoms with van der Waals surface area (Å²) in [4.78, 5) is 12.1. The van der Waals surface area contributed by atoms with Crippen LogP contribution in [0.15, 0.2) is 54.6 Å². The van der Waals surface area contributed by atoms with Crippen LogP contribution < -0.4 is 9.62 Å². The Kier molecular flexibility index (Phi) is 7.17. The van der Waals surface area contributed by atoms with Gasteiger partial charge in [0.25, 0.3) is 0 Å². The Morgan fingerprint density at radius 3 is 2.50 bits per heavy atom. The van der Waals surface area contributed by atoms with E-state index in [-0.39, 0.29) is 18.9 Å². The standard InChI is InChI=1S/C19H24N2O4S/c1-25-15-16-8-6-9-17(14-16)20-19(22)12-7-13-21(26(2,23)24)18-10-4-3-5-11-18/h3-6,8-11,14H,7,12-13,15H2,1-2H3,(H,20,22). The third-order valence-corrected chi connectivity index (χ3v) is 4.93. The largest absolute Gasteiger partial charge is 0.380 e. The molecule has 0 saturated heterocycles. The van der Waals surface area contributed by atoms with Crippen molar-refractivity contribution in [1.29, 1.82) is 0 Å². The zero-order valence-electron chi connectivity index (χ0n) is 15.0. The Morgan fingerprint density at radius 1 is 1.12 bits per heavy atom. The van der Waals surface area contributed by atoms with Crippen LogP contribution in [0.2, 0.25) is 0 Å². The summed E-state index contributed by atoms with van der Waals surface area (Å²) in [5.74, 6) is -0.152. The van der Waals surface area contributed by atoms with Crippen molar-refractivity contribution in [3.8, 4) is 0 Å². The number of nitrogens with one attached hydrogen (secondary N) is 1. The lowest BCUT2D eigenvalue weighted by atomic mass is 10.2. The first-order valence-corrected chi connectivity index (χ1v) is 10.2. The normalized spacial score (nSPS) is 11.2. The van der Waals surface area contributed by atoms with Crippen LogP contribution >= 0.6 is 0 Å². The highest BCUT2D eigenvalue weighted by Crippen LogP contribution is 2.18. The number of anilines is 2. The minimum absolute atomic E-state index is 0.152. The van der Waals surface area contributed by atoms with Crippen LogP contribution in [-0.2, 0) is 26.2 Å². The van der Waals surface area contributed by atoms with Crippen molar-refractivity contribution in [3.63, 3.8) is 0 Å². The zero-order valence-corrected chi connectivity index (χ0v) is 15.8. The fourth-order valence-corrected chi connectivity index (χ4v) is 3.56. The average molecular weight is 376 g/mol. The molecule has 2 aromatic carbocycles. The Balaban J connectivity index is 1.91. The van der Waals surface area contributed by atoms with Crippen LogP contribution in [0.5, 0.6) is 0 Å². The molecule has 0 aliphatic rings. The number of hydrogen-bond acceptors (Lipinski definition) is 4. The minimum atomic E-state index is -3.40. The SMILES string of the molecule is COCc1cccc(NC(=O)CCCN(c2ccccc2)S(C)(=O)=O)c1. The second-order valence-electron chi connectivity index (χ2n) is 5.96. The number of methoxy groups -OCH3 is 1. The maximum atomic E-state index is 12.1. The van der Waals surface area contributed by atoms with Gasteiger partial charge in [-0.1, -0.05) is 30.3 Å². The Hall–Kier alpha value is -2.38. The minimum Gasteiger partial charge on any atom is -0.380 e. The van der Waals surface area contributed by atoms with E-state index in [9.17, 15) is 13.2 Å². The fourth-order valence-electron chi connectivity index (χ4n) is 2.59. The molecule has 26 heavy (non-hydrogen) atoms. The summed E-state index contributed by atoms with van der Waals surface area (Å²) < 4.78 is 30.4. The van der Waals surface area contributed by atoms with Gasteiger partial charge in [-0.05, 0) is 36.2 Å². The van der Waals surface area contributed by atoms with Crippen LogP contribution in [-0.4, -0.2) is 34.2 Å². The number of hydrogen-bond donors (Lipinski definition) is 1. The molecule has 1 N–H and O–H groups in total. The van der Waals surface area contributed by atoms with E-state index in [1.807, 2.05) is 30.3 Å². The molecular weight excluding hydrogens is 352 g/mol. The molecule has 0 aromatic heterocycles. The van der Waals surface area contributed by atoms with E-state index in [0.717, 1.165) is 5.56 Å². The lowest BCUT2D eigenvalue weighted by Gasteiger charge is -2.22. The Bertz CT molecular complexity index is 822. The molecule has 0 aliphatic heterocycles. The molecule has 0 bridgehead atoms. The van der Waals surface area contributed by atoms with Gasteiger partial charge in [-0.2, -0.15) is 0 Å². The van der Waals surface area contributed by atoms with Crippen molar-refractivity contribution in [2.75, 3.05) is 29.5 Å². The number of sulfonamides is 1. The van der Waals surface area contributed by atoms with Crippen LogP contribution in [0.3, 0.4) is 0 Å². The fraction of sp³-hybridized carbons (Fsp3) is 0.316. The third kappa shape index (κ3) is 6.16. The summed E-state index contributed by atoms with van der Waals surface area (Å²) in [6, 6.07) is 16.3. The molecule has 0 atom stereocenters. The van der Waals surface area contributed by atoms with Crippen molar-refractivity contribution in [2.45, 2.75) is 19.4 Å². The van der Waals surface area contributed by atoms with Gasteiger partial charge in [0.1, 0.15) is 0 Å². The number of amides is 1. The predicted octanol–water partition coefficient (Wildman–Crippen LogP) is 3.02. The number of benzene rings is 2. The number of ether oxygens (including phenoxy) is 1. The van der Waals surface area contributed by atoms with E-state index in [4.69, 9.17) is 4.74 Å². The van der Waals surface area contributed by atoms with E-state index in [2.05, 4.69) is 5.32 Å². The monoisotopic (exact) mass is 376 g/mol. The van der Waals surface area contributed by atoms with Crippen molar-refractivity contribution in [3.05, 3.63) is 60.2 Å². The summed E-state index contributed by atoms with van der Waals surface area (Å²) in [5, 5.41) is 2.83. The molecule has 2 aromatic rings. The molecule has 7 heteroatoms. The van der Waals surface area contributed by atoms with Crippen molar-refractivity contribution in [1.82, 2.24) is 0 Å². The van der Waals surface area contributed by atoms with E-state index in [1.54, 1.807) is 31.4 Å². The van der Waals surface area contributed by atoms with Gasteiger partial charge in [0.2, 0.25) is 15.9 Å². The maximum absolute atomic E-state index is 12.1. The first-order valence-electron chi connectivity index (χ1n) is 8.30. The van der Waals surface area contributed by atoms with Crippen LogP contribution in [0, 0.1) is 0 Å². The van der Waals surface area contributed by atoms with E-state index < -0.39 is 10.0 Å². The quantitative estimate of drug-likeness (QED) is 0.730. The summed E-state index contributed by atoms with van der Waals surface area (Å²) in [5.41, 5.74) is 2.27. The molecule has 0 unspecified atom stereocenters. The number of nitrogens with zero attached hydrogens (tertiary/aromatic N) is 1. The molecule has 140 valence electrons. The topological polar surface area (TPSA) is 75.7 Å². The molecule has 0 radical (unpaired) electrons. The summed E-state index contributed by atoms with van der Waals surface area (Å²) in [6.07, 6.45) is 1.82. The molecule has 0 saturated carbocycles. The molecule has 0 spiro atoms. The first-order chi connectivity index (χ1) is 12.4. The highest BCUT2D eigenvalue weighted by atomic mass is 32.2. The van der Waals surface area contributed by atoms with E-state index in [1.165, 1.54) is 10.6 Å². The first kappa shape index (κ1) is 19.9. The zero-order chi connectivity index (χ0) is 19.0. The molecule has 0 heterocycles. The molecular formula is C19H24N2O4S. The number of rotatable bonds is 9. The molecule has 0 aliphatic carbocycles. The lowest BCUT2D eigenvalue weighted by molar-refractivity contribution is -0.116. The average Bonchev–Trinajstić information content (AvgIpc) is 2.59. The summed E-state index contributed by atoms with van der Waals surface area (Å²) >= 11 is 0. The van der Waals surface area contributed by atoms with Crippen LogP contribution in [0.1, 0.15) is 18.4 Å². The summed E-state index contributed by atoms with van der Waals surface area (Å²) in [6.45, 7) is 0.726. The van der Waals surface area contributed by atoms with E-state index >= 15 is 0 Å². The van der Waals surface area contributed by atoms with Gasteiger partial charge in [0.05, 0.1) is 18.6 Å². The molecule has 6 nitrogen and oxygen atoms in total. The Morgan fingerprint density at radius 2 is 1.85 bits per heavy atom. The smallest absolute Gasteiger partial charge is 0.232 e. The van der Waals surface area contributed by atoms with Gasteiger partial charge >= 0.3 is 0 Å². The van der Waals surface area contributed by atoms with Gasteiger partial charge in [-0.25, -0.2) is 8.42 Å². The second kappa shape index (κ2) is 9.35. The van der Waals surface area contributed by atoms with Crippen LogP contribution in [0.25, 0.3) is 0 Å². The molecule has 0 fully saturated rings. The third-order valence-electron chi connectivity index (χ3n) is 3.73. The maximum Gasteiger partial charge on any atom is 0.232 e. The van der Waals surface area contributed by atoms with Gasteiger partial charge in [-0.15, -0.1) is 0 Å². The lowest BCUT2D eigenvalue weighted by Crippen LogP contribution is -2.31.